The Morgan fingerprint density at radius 1 is 1.24 bits per heavy atom. The zero-order valence-corrected chi connectivity index (χ0v) is 9.62. The van der Waals surface area contributed by atoms with Gasteiger partial charge in [0.2, 0.25) is 5.91 Å². The van der Waals surface area contributed by atoms with E-state index in [2.05, 4.69) is 10.9 Å². The maximum absolute atomic E-state index is 11.4. The van der Waals surface area contributed by atoms with Crippen molar-refractivity contribution in [3.8, 4) is 0 Å². The lowest BCUT2D eigenvalue weighted by Gasteiger charge is -2.04. The number of hydrogen-bond acceptors (Lipinski definition) is 4. The Kier molecular flexibility index (Phi) is 3.56. The number of hydrazine groups is 1. The number of hydrogen-bond donors (Lipinski definition) is 2. The van der Waals surface area contributed by atoms with Crippen molar-refractivity contribution in [1.29, 1.82) is 0 Å². The molecule has 0 atom stereocenters. The van der Waals surface area contributed by atoms with Gasteiger partial charge in [-0.05, 0) is 23.6 Å². The van der Waals surface area contributed by atoms with E-state index in [-0.39, 0.29) is 18.1 Å². The normalized spacial score (nSPS) is 9.88. The van der Waals surface area contributed by atoms with E-state index in [4.69, 9.17) is 4.42 Å². The van der Waals surface area contributed by atoms with Crippen molar-refractivity contribution in [1.82, 2.24) is 10.9 Å². The second-order valence-electron chi connectivity index (χ2n) is 3.24. The van der Waals surface area contributed by atoms with E-state index in [1.54, 1.807) is 6.07 Å². The molecule has 0 radical (unpaired) electrons. The summed E-state index contributed by atoms with van der Waals surface area (Å²) in [6, 6.07) is 6.84. The minimum absolute atomic E-state index is 0.154. The summed E-state index contributed by atoms with van der Waals surface area (Å²) in [5, 5.41) is 1.89. The Labute approximate surface area is 101 Å². The first-order chi connectivity index (χ1) is 8.25. The zero-order chi connectivity index (χ0) is 12.1. The lowest BCUT2D eigenvalue weighted by Crippen LogP contribution is -2.42. The van der Waals surface area contributed by atoms with Crippen LogP contribution in [0.3, 0.4) is 0 Å². The Morgan fingerprint density at radius 3 is 2.76 bits per heavy atom. The first kappa shape index (κ1) is 11.4. The fraction of sp³-hybridized carbons (Fsp3) is 0.0909. The molecule has 2 N–H and O–H groups in total. The molecular formula is C11H10N2O3S. The van der Waals surface area contributed by atoms with Crippen LogP contribution < -0.4 is 10.9 Å². The van der Waals surface area contributed by atoms with E-state index in [0.29, 0.717) is 0 Å². The van der Waals surface area contributed by atoms with Crippen LogP contribution in [-0.4, -0.2) is 11.8 Å². The lowest BCUT2D eigenvalue weighted by atomic mass is 10.3. The maximum Gasteiger partial charge on any atom is 0.305 e. The van der Waals surface area contributed by atoms with E-state index in [1.807, 2.05) is 17.5 Å². The zero-order valence-electron chi connectivity index (χ0n) is 8.80. The number of furan rings is 1. The number of rotatable bonds is 3. The Morgan fingerprint density at radius 2 is 2.12 bits per heavy atom. The molecule has 2 amide bonds. The average molecular weight is 250 g/mol. The van der Waals surface area contributed by atoms with Gasteiger partial charge in [-0.25, -0.2) is 0 Å². The molecule has 0 bridgehead atoms. The minimum Gasteiger partial charge on any atom is -0.459 e. The summed E-state index contributed by atoms with van der Waals surface area (Å²) in [6.07, 6.45) is 1.64. The first-order valence-electron chi connectivity index (χ1n) is 4.91. The summed E-state index contributed by atoms with van der Waals surface area (Å²) in [5.74, 6) is -0.594. The molecule has 2 aromatic rings. The second-order valence-corrected chi connectivity index (χ2v) is 4.27. The van der Waals surface area contributed by atoms with Crippen LogP contribution in [0.5, 0.6) is 0 Å². The van der Waals surface area contributed by atoms with Crippen molar-refractivity contribution in [2.75, 3.05) is 0 Å². The van der Waals surface area contributed by atoms with Crippen molar-refractivity contribution >= 4 is 23.2 Å². The minimum atomic E-state index is -0.477. The number of carbonyl (C=O) groups excluding carboxylic acids is 2. The summed E-state index contributed by atoms with van der Waals surface area (Å²) in [6.45, 7) is 0. The monoisotopic (exact) mass is 250 g/mol. The quantitative estimate of drug-likeness (QED) is 0.808. The van der Waals surface area contributed by atoms with Crippen LogP contribution in [0, 0.1) is 0 Å². The molecule has 88 valence electrons. The number of nitrogens with one attached hydrogen (secondary N) is 2. The Balaban J connectivity index is 1.79. The third-order valence-corrected chi connectivity index (χ3v) is 2.85. The van der Waals surface area contributed by atoms with Crippen molar-refractivity contribution in [2.24, 2.45) is 0 Å². The van der Waals surface area contributed by atoms with Crippen LogP contribution in [0.15, 0.2) is 40.3 Å². The largest absolute Gasteiger partial charge is 0.459 e. The van der Waals surface area contributed by atoms with Gasteiger partial charge in [0.05, 0.1) is 12.7 Å². The van der Waals surface area contributed by atoms with Gasteiger partial charge in [-0.2, -0.15) is 0 Å². The van der Waals surface area contributed by atoms with Crippen LogP contribution in [0.1, 0.15) is 15.4 Å². The second kappa shape index (κ2) is 5.31. The van der Waals surface area contributed by atoms with Crippen molar-refractivity contribution in [3.05, 3.63) is 46.5 Å². The third-order valence-electron chi connectivity index (χ3n) is 1.98. The highest BCUT2D eigenvalue weighted by molar-refractivity contribution is 7.10. The molecule has 2 rings (SSSR count). The maximum atomic E-state index is 11.4. The number of thiophene rings is 1. The van der Waals surface area contributed by atoms with Crippen molar-refractivity contribution in [2.45, 2.75) is 6.42 Å². The van der Waals surface area contributed by atoms with Crippen LogP contribution in [0.4, 0.5) is 0 Å². The fourth-order valence-corrected chi connectivity index (χ4v) is 1.91. The highest BCUT2D eigenvalue weighted by Gasteiger charge is 2.09. The highest BCUT2D eigenvalue weighted by atomic mass is 32.1. The molecule has 0 unspecified atom stereocenters. The van der Waals surface area contributed by atoms with E-state index in [9.17, 15) is 9.59 Å². The van der Waals surface area contributed by atoms with Crippen LogP contribution in [0.2, 0.25) is 0 Å². The number of amides is 2. The number of carbonyl (C=O) groups is 2. The van der Waals surface area contributed by atoms with E-state index < -0.39 is 5.91 Å². The van der Waals surface area contributed by atoms with E-state index in [0.717, 1.165) is 4.88 Å². The Hall–Kier alpha value is -2.08. The van der Waals surface area contributed by atoms with Crippen molar-refractivity contribution in [3.63, 3.8) is 0 Å². The van der Waals surface area contributed by atoms with E-state index in [1.165, 1.54) is 23.7 Å². The summed E-state index contributed by atoms with van der Waals surface area (Å²) in [4.78, 5) is 23.8. The molecule has 0 saturated carbocycles. The Bertz CT molecular complexity index is 491. The van der Waals surface area contributed by atoms with Crippen molar-refractivity contribution < 1.29 is 14.0 Å². The molecule has 0 saturated heterocycles. The van der Waals surface area contributed by atoms with Gasteiger partial charge in [0.15, 0.2) is 5.76 Å². The van der Waals surface area contributed by atoms with Gasteiger partial charge in [-0.3, -0.25) is 20.4 Å². The van der Waals surface area contributed by atoms with Crippen LogP contribution in [0.25, 0.3) is 0 Å². The summed E-state index contributed by atoms with van der Waals surface area (Å²) < 4.78 is 4.87. The topological polar surface area (TPSA) is 71.3 Å². The van der Waals surface area contributed by atoms with Crippen LogP contribution in [-0.2, 0) is 11.2 Å². The molecule has 5 nitrogen and oxygen atoms in total. The van der Waals surface area contributed by atoms with Gasteiger partial charge in [0, 0.05) is 4.88 Å². The molecule has 17 heavy (non-hydrogen) atoms. The van der Waals surface area contributed by atoms with Gasteiger partial charge >= 0.3 is 5.91 Å². The summed E-state index contributed by atoms with van der Waals surface area (Å²) >= 11 is 1.49. The molecule has 6 heteroatoms. The average Bonchev–Trinajstić information content (AvgIpc) is 2.97. The van der Waals surface area contributed by atoms with Gasteiger partial charge in [0.1, 0.15) is 0 Å². The van der Waals surface area contributed by atoms with Gasteiger partial charge < -0.3 is 4.42 Å². The predicted octanol–water partition coefficient (Wildman–Crippen LogP) is 1.34. The molecule has 0 aliphatic heterocycles. The molecular weight excluding hydrogens is 240 g/mol. The van der Waals surface area contributed by atoms with Crippen LogP contribution >= 0.6 is 11.3 Å². The van der Waals surface area contributed by atoms with Gasteiger partial charge in [0.25, 0.3) is 0 Å². The third kappa shape index (κ3) is 3.18. The molecule has 2 aromatic heterocycles. The lowest BCUT2D eigenvalue weighted by molar-refractivity contribution is -0.121. The molecule has 0 aliphatic carbocycles. The van der Waals surface area contributed by atoms with Gasteiger partial charge in [-0.1, -0.05) is 6.07 Å². The highest BCUT2D eigenvalue weighted by Crippen LogP contribution is 2.08. The molecule has 2 heterocycles. The van der Waals surface area contributed by atoms with E-state index >= 15 is 0 Å². The first-order valence-corrected chi connectivity index (χ1v) is 5.79. The smallest absolute Gasteiger partial charge is 0.305 e. The standard InChI is InChI=1S/C11H10N2O3S/c14-10(7-8-3-2-6-17-8)12-13-11(15)9-4-1-5-16-9/h1-6H,7H2,(H,12,14)(H,13,15). The summed E-state index contributed by atoms with van der Waals surface area (Å²) in [7, 11) is 0. The SMILES string of the molecule is O=C(Cc1cccs1)NNC(=O)c1ccco1. The molecule has 0 fully saturated rings. The summed E-state index contributed by atoms with van der Waals surface area (Å²) in [5.41, 5.74) is 4.59. The molecule has 0 spiro atoms. The van der Waals surface area contributed by atoms with Gasteiger partial charge in [-0.15, -0.1) is 11.3 Å². The molecule has 0 aliphatic rings. The predicted molar refractivity (Wildman–Crippen MR) is 62.3 cm³/mol. The fourth-order valence-electron chi connectivity index (χ4n) is 1.21. The molecule has 0 aromatic carbocycles.